The number of carbonyl (C=O) groups excluding carboxylic acids is 2. The highest BCUT2D eigenvalue weighted by atomic mass is 16.5. The molecule has 0 radical (unpaired) electrons. The lowest BCUT2D eigenvalue weighted by atomic mass is 9.94. The number of ether oxygens (including phenoxy) is 1. The maximum Gasteiger partial charge on any atom is 0.325 e. The van der Waals surface area contributed by atoms with Crippen molar-refractivity contribution >= 4 is 17.8 Å². The van der Waals surface area contributed by atoms with Gasteiger partial charge in [-0.2, -0.15) is 0 Å². The quantitative estimate of drug-likeness (QED) is 0.747. The molecule has 6 nitrogen and oxygen atoms in total. The molecule has 0 heterocycles. The van der Waals surface area contributed by atoms with Gasteiger partial charge in [0.05, 0.1) is 18.4 Å². The largest absolute Gasteiger partial charge is 0.481 e. The standard InChI is InChI=1S/C15H23NO5/c1-3-21-13(17)8-16(10-4-5-10)14(18)11-6-9(2)7-12(11)15(19)20/h9-12H,3-8H2,1-2H3,(H,19,20). The van der Waals surface area contributed by atoms with E-state index in [1.165, 1.54) is 4.90 Å². The van der Waals surface area contributed by atoms with E-state index in [4.69, 9.17) is 4.74 Å². The summed E-state index contributed by atoms with van der Waals surface area (Å²) in [7, 11) is 0. The van der Waals surface area contributed by atoms with Crippen LogP contribution in [0.25, 0.3) is 0 Å². The molecule has 2 rings (SSSR count). The lowest BCUT2D eigenvalue weighted by Crippen LogP contribution is -2.43. The van der Waals surface area contributed by atoms with Gasteiger partial charge in [0.15, 0.2) is 0 Å². The molecule has 1 N–H and O–H groups in total. The second-order valence-corrected chi connectivity index (χ2v) is 6.13. The second-order valence-electron chi connectivity index (χ2n) is 6.13. The van der Waals surface area contributed by atoms with Gasteiger partial charge < -0.3 is 14.7 Å². The van der Waals surface area contributed by atoms with Gasteiger partial charge in [-0.15, -0.1) is 0 Å². The molecule has 118 valence electrons. The van der Waals surface area contributed by atoms with Crippen molar-refractivity contribution in [3.8, 4) is 0 Å². The Labute approximate surface area is 124 Å². The minimum atomic E-state index is -0.912. The Morgan fingerprint density at radius 3 is 2.33 bits per heavy atom. The summed E-state index contributed by atoms with van der Waals surface area (Å²) in [6.07, 6.45) is 2.88. The molecule has 6 heteroatoms. The zero-order valence-electron chi connectivity index (χ0n) is 12.6. The Kier molecular flexibility index (Phi) is 4.85. The number of hydrogen-bond donors (Lipinski definition) is 1. The minimum Gasteiger partial charge on any atom is -0.481 e. The van der Waals surface area contributed by atoms with E-state index in [1.807, 2.05) is 6.92 Å². The van der Waals surface area contributed by atoms with Crippen LogP contribution in [0.1, 0.15) is 39.5 Å². The SMILES string of the molecule is CCOC(=O)CN(C(=O)C1CC(C)CC1C(=O)O)C1CC1. The van der Waals surface area contributed by atoms with Crippen LogP contribution < -0.4 is 0 Å². The number of rotatable bonds is 6. The van der Waals surface area contributed by atoms with E-state index in [0.717, 1.165) is 12.8 Å². The third-order valence-corrected chi connectivity index (χ3v) is 4.31. The number of hydrogen-bond acceptors (Lipinski definition) is 4. The Balaban J connectivity index is 2.07. The van der Waals surface area contributed by atoms with Crippen LogP contribution in [0.5, 0.6) is 0 Å². The van der Waals surface area contributed by atoms with Crippen molar-refractivity contribution in [2.24, 2.45) is 17.8 Å². The molecule has 3 unspecified atom stereocenters. The van der Waals surface area contributed by atoms with Gasteiger partial charge in [-0.3, -0.25) is 14.4 Å². The van der Waals surface area contributed by atoms with Gasteiger partial charge in [-0.05, 0) is 38.5 Å². The zero-order chi connectivity index (χ0) is 15.6. The average molecular weight is 297 g/mol. The summed E-state index contributed by atoms with van der Waals surface area (Å²) in [5.41, 5.74) is 0. The molecular formula is C15H23NO5. The number of carboxylic acids is 1. The van der Waals surface area contributed by atoms with Crippen LogP contribution in [0.15, 0.2) is 0 Å². The first-order valence-corrected chi connectivity index (χ1v) is 7.62. The van der Waals surface area contributed by atoms with E-state index in [-0.39, 0.29) is 31.0 Å². The Morgan fingerprint density at radius 1 is 1.19 bits per heavy atom. The van der Waals surface area contributed by atoms with Crippen LogP contribution in [0.2, 0.25) is 0 Å². The van der Waals surface area contributed by atoms with Gasteiger partial charge in [-0.25, -0.2) is 0 Å². The van der Waals surface area contributed by atoms with Crippen molar-refractivity contribution in [3.63, 3.8) is 0 Å². The first kappa shape index (κ1) is 15.8. The molecule has 0 spiro atoms. The van der Waals surface area contributed by atoms with Gasteiger partial charge >= 0.3 is 11.9 Å². The van der Waals surface area contributed by atoms with E-state index in [1.54, 1.807) is 6.92 Å². The minimum absolute atomic E-state index is 0.0610. The summed E-state index contributed by atoms with van der Waals surface area (Å²) < 4.78 is 4.91. The highest BCUT2D eigenvalue weighted by Gasteiger charge is 2.45. The normalized spacial score (nSPS) is 28.2. The Hall–Kier alpha value is -1.59. The number of esters is 1. The smallest absolute Gasteiger partial charge is 0.325 e. The number of carboxylic acid groups (broad SMARTS) is 1. The van der Waals surface area contributed by atoms with Crippen molar-refractivity contribution in [2.45, 2.75) is 45.6 Å². The third-order valence-electron chi connectivity index (χ3n) is 4.31. The summed E-state index contributed by atoms with van der Waals surface area (Å²) in [5, 5.41) is 9.29. The van der Waals surface area contributed by atoms with Crippen LogP contribution in [0.3, 0.4) is 0 Å². The fraction of sp³-hybridized carbons (Fsp3) is 0.800. The van der Waals surface area contributed by atoms with Gasteiger partial charge in [-0.1, -0.05) is 6.92 Å². The lowest BCUT2D eigenvalue weighted by molar-refractivity contribution is -0.153. The fourth-order valence-corrected chi connectivity index (χ4v) is 3.17. The molecule has 0 aromatic heterocycles. The van der Waals surface area contributed by atoms with Crippen LogP contribution >= 0.6 is 0 Å². The number of nitrogens with zero attached hydrogens (tertiary/aromatic N) is 1. The molecule has 2 saturated carbocycles. The van der Waals surface area contributed by atoms with E-state index >= 15 is 0 Å². The first-order chi connectivity index (χ1) is 9.93. The van der Waals surface area contributed by atoms with E-state index in [9.17, 15) is 19.5 Å². The van der Waals surface area contributed by atoms with Gasteiger partial charge in [0.2, 0.25) is 5.91 Å². The lowest BCUT2D eigenvalue weighted by Gasteiger charge is -2.26. The molecule has 1 amide bonds. The van der Waals surface area contributed by atoms with Crippen molar-refractivity contribution in [2.75, 3.05) is 13.2 Å². The third kappa shape index (κ3) is 3.74. The van der Waals surface area contributed by atoms with Gasteiger partial charge in [0.1, 0.15) is 6.54 Å². The predicted octanol–water partition coefficient (Wildman–Crippen LogP) is 1.29. The topological polar surface area (TPSA) is 83.9 Å². The van der Waals surface area contributed by atoms with Gasteiger partial charge in [0.25, 0.3) is 0 Å². The summed E-state index contributed by atoms with van der Waals surface area (Å²) in [5.74, 6) is -2.44. The van der Waals surface area contributed by atoms with E-state index in [2.05, 4.69) is 0 Å². The molecule has 2 aliphatic rings. The molecule has 0 saturated heterocycles. The number of carbonyl (C=O) groups is 3. The van der Waals surface area contributed by atoms with Crippen molar-refractivity contribution in [1.82, 2.24) is 4.90 Å². The van der Waals surface area contributed by atoms with Crippen molar-refractivity contribution < 1.29 is 24.2 Å². The fourth-order valence-electron chi connectivity index (χ4n) is 3.17. The summed E-state index contributed by atoms with van der Waals surface area (Å²) in [4.78, 5) is 37.2. The summed E-state index contributed by atoms with van der Waals surface area (Å²) >= 11 is 0. The zero-order valence-corrected chi connectivity index (χ0v) is 12.6. The maximum atomic E-state index is 12.7. The number of amides is 1. The van der Waals surface area contributed by atoms with Gasteiger partial charge in [0, 0.05) is 6.04 Å². The maximum absolute atomic E-state index is 12.7. The van der Waals surface area contributed by atoms with Crippen LogP contribution in [-0.2, 0) is 19.1 Å². The molecule has 0 aliphatic heterocycles. The number of aliphatic carboxylic acids is 1. The summed E-state index contributed by atoms with van der Waals surface area (Å²) in [6.45, 7) is 3.91. The first-order valence-electron chi connectivity index (χ1n) is 7.62. The van der Waals surface area contributed by atoms with E-state index < -0.39 is 23.8 Å². The Morgan fingerprint density at radius 2 is 1.81 bits per heavy atom. The van der Waals surface area contributed by atoms with Crippen molar-refractivity contribution in [3.05, 3.63) is 0 Å². The average Bonchev–Trinajstić information content (AvgIpc) is 3.17. The highest BCUT2D eigenvalue weighted by molar-refractivity contribution is 5.88. The molecule has 2 fully saturated rings. The second kappa shape index (κ2) is 6.45. The van der Waals surface area contributed by atoms with Crippen LogP contribution in [0.4, 0.5) is 0 Å². The molecule has 21 heavy (non-hydrogen) atoms. The van der Waals surface area contributed by atoms with Crippen molar-refractivity contribution in [1.29, 1.82) is 0 Å². The van der Waals surface area contributed by atoms with Crippen LogP contribution in [0, 0.1) is 17.8 Å². The Bertz CT molecular complexity index is 432. The predicted molar refractivity (Wildman–Crippen MR) is 74.4 cm³/mol. The molecular weight excluding hydrogens is 274 g/mol. The monoisotopic (exact) mass is 297 g/mol. The summed E-state index contributed by atoms with van der Waals surface area (Å²) in [6, 6.07) is 0.0762. The van der Waals surface area contributed by atoms with E-state index in [0.29, 0.717) is 12.8 Å². The molecule has 0 bridgehead atoms. The molecule has 2 aliphatic carbocycles. The van der Waals surface area contributed by atoms with Crippen LogP contribution in [-0.4, -0.2) is 47.0 Å². The molecule has 3 atom stereocenters. The highest BCUT2D eigenvalue weighted by Crippen LogP contribution is 2.39. The molecule has 0 aromatic rings. The molecule has 0 aromatic carbocycles.